The molecule has 0 fully saturated rings. The second-order valence-electron chi connectivity index (χ2n) is 22.3. The maximum atomic E-state index is 7.19. The lowest BCUT2D eigenvalue weighted by molar-refractivity contribution is 0.483. The second kappa shape index (κ2) is 19.7. The van der Waals surface area contributed by atoms with Crippen LogP contribution in [0.25, 0.3) is 112 Å². The maximum Gasteiger partial charge on any atom is 0.160 e. The lowest BCUT2D eigenvalue weighted by Crippen LogP contribution is -2.09. The van der Waals surface area contributed by atoms with E-state index in [1.54, 1.807) is 0 Å². The predicted octanol–water partition coefficient (Wildman–Crippen LogP) is 19.5. The smallest absolute Gasteiger partial charge is 0.160 e. The third-order valence-corrected chi connectivity index (χ3v) is 15.5. The fraction of sp³-hybridized carbons (Fsp3) is 0.183. The van der Waals surface area contributed by atoms with E-state index in [0.29, 0.717) is 33.8 Å². The molecule has 0 aliphatic rings. The highest BCUT2D eigenvalue weighted by Gasteiger charge is 2.28. The van der Waals surface area contributed by atoms with Crippen LogP contribution in [0.5, 0.6) is 11.5 Å². The molecule has 0 bridgehead atoms. The summed E-state index contributed by atoms with van der Waals surface area (Å²) in [6.45, 7) is 20.3. The average Bonchev–Trinajstić information content (AvgIpc) is 4.35. The van der Waals surface area contributed by atoms with Gasteiger partial charge in [0.15, 0.2) is 11.2 Å². The summed E-state index contributed by atoms with van der Waals surface area (Å²) in [5, 5.41) is 1.71. The van der Waals surface area contributed by atoms with Gasteiger partial charge < -0.3 is 9.15 Å². The fourth-order valence-corrected chi connectivity index (χ4v) is 11.6. The van der Waals surface area contributed by atoms with Gasteiger partial charge in [-0.2, -0.15) is 0 Å². The summed E-state index contributed by atoms with van der Waals surface area (Å²) < 4.78 is 19.0. The van der Waals surface area contributed by atoms with Gasteiger partial charge in [0, 0.05) is 16.6 Å². The highest BCUT2D eigenvalue weighted by Crippen LogP contribution is 2.46. The summed E-state index contributed by atoms with van der Waals surface area (Å²) >= 11 is 0. The zero-order valence-electron chi connectivity index (χ0n) is 46.2. The zero-order chi connectivity index (χ0) is 54.2. The number of fused-ring (bicyclic) bond motifs is 6. The van der Waals surface area contributed by atoms with Crippen LogP contribution in [-0.2, 0) is 0 Å². The number of furan rings is 1. The van der Waals surface area contributed by atoms with E-state index >= 15 is 0 Å². The Balaban J connectivity index is 1.02. The van der Waals surface area contributed by atoms with E-state index in [4.69, 9.17) is 29.1 Å². The van der Waals surface area contributed by atoms with Crippen LogP contribution in [0.2, 0.25) is 0 Å². The van der Waals surface area contributed by atoms with Gasteiger partial charge in [-0.05, 0) is 166 Å². The summed E-state index contributed by atoms with van der Waals surface area (Å²) in [5.41, 5.74) is 21.2. The van der Waals surface area contributed by atoms with Crippen LogP contribution in [0.3, 0.4) is 0 Å². The highest BCUT2D eigenvalue weighted by atomic mass is 16.5. The van der Waals surface area contributed by atoms with Gasteiger partial charge in [0.25, 0.3) is 0 Å². The third-order valence-electron chi connectivity index (χ3n) is 15.5. The van der Waals surface area contributed by atoms with Crippen molar-refractivity contribution in [3.63, 3.8) is 0 Å². The molecule has 0 aliphatic carbocycles. The zero-order valence-corrected chi connectivity index (χ0v) is 46.2. The largest absolute Gasteiger partial charge is 0.457 e. The lowest BCUT2D eigenvalue weighted by atomic mass is 9.88. The van der Waals surface area contributed by atoms with Gasteiger partial charge in [-0.3, -0.25) is 9.13 Å². The molecule has 13 rings (SSSR count). The van der Waals surface area contributed by atoms with Crippen molar-refractivity contribution in [2.24, 2.45) is 0 Å². The number of hydrogen-bond acceptors (Lipinski definition) is 6. The van der Waals surface area contributed by atoms with Crippen molar-refractivity contribution in [3.05, 3.63) is 216 Å². The van der Waals surface area contributed by atoms with Crippen LogP contribution in [0, 0.1) is 6.92 Å². The van der Waals surface area contributed by atoms with Crippen LogP contribution in [0.4, 0.5) is 0 Å². The van der Waals surface area contributed by atoms with Crippen LogP contribution in [0.15, 0.2) is 192 Å². The molecule has 5 heterocycles. The van der Waals surface area contributed by atoms with Gasteiger partial charge in [0.2, 0.25) is 0 Å². The molecule has 0 amide bonds. The molecular formula is C71H62N6O2. The fourth-order valence-electron chi connectivity index (χ4n) is 11.6. The van der Waals surface area contributed by atoms with Gasteiger partial charge >= 0.3 is 0 Å². The second-order valence-corrected chi connectivity index (χ2v) is 22.3. The molecule has 8 nitrogen and oxygen atoms in total. The molecule has 79 heavy (non-hydrogen) atoms. The number of hydrogen-bond donors (Lipinski definition) is 0. The number of aryl methyl sites for hydroxylation is 1. The maximum absolute atomic E-state index is 7.19. The van der Waals surface area contributed by atoms with Crippen LogP contribution >= 0.6 is 0 Å². The van der Waals surface area contributed by atoms with Crippen molar-refractivity contribution < 1.29 is 9.15 Å². The highest BCUT2D eigenvalue weighted by molar-refractivity contribution is 6.10. The van der Waals surface area contributed by atoms with Crippen molar-refractivity contribution in [2.45, 2.75) is 86.0 Å². The molecular weight excluding hydrogens is 969 g/mol. The molecule has 8 heteroatoms. The number of ether oxygens (including phenoxy) is 1. The van der Waals surface area contributed by atoms with Crippen LogP contribution in [-0.4, -0.2) is 29.1 Å². The SMILES string of the molecule is Cc1ccc2cc3oc4c(-c5nc6ccccc6n5-c5c(C(C)C)cc(-c6ccccc6)cc5C(C)C)cc(Oc5cccc(-c6nc7ccccc7n6-c6c(C(C)C)cc(-c7ccccc7)cc6C(C)C)c5)cc4c3nc2n1. The number of aromatic nitrogens is 6. The van der Waals surface area contributed by atoms with E-state index in [1.807, 2.05) is 25.1 Å². The minimum atomic E-state index is 0.182. The Labute approximate surface area is 461 Å². The minimum absolute atomic E-state index is 0.182. The van der Waals surface area contributed by atoms with E-state index < -0.39 is 0 Å². The van der Waals surface area contributed by atoms with Crippen LogP contribution < -0.4 is 4.74 Å². The lowest BCUT2D eigenvalue weighted by Gasteiger charge is -2.24. The van der Waals surface area contributed by atoms with E-state index in [-0.39, 0.29) is 23.7 Å². The molecule has 0 atom stereocenters. The Morgan fingerprint density at radius 2 is 0.924 bits per heavy atom. The molecule has 0 N–H and O–H groups in total. The Bertz CT molecular complexity index is 4430. The summed E-state index contributed by atoms with van der Waals surface area (Å²) in [7, 11) is 0. The van der Waals surface area contributed by atoms with Gasteiger partial charge in [0.05, 0.1) is 44.4 Å². The number of pyridine rings is 2. The monoisotopic (exact) mass is 1030 g/mol. The predicted molar refractivity (Wildman–Crippen MR) is 325 cm³/mol. The number of benzene rings is 8. The first-order chi connectivity index (χ1) is 38.4. The summed E-state index contributed by atoms with van der Waals surface area (Å²) in [5.74, 6) is 3.68. The Kier molecular flexibility index (Phi) is 12.3. The van der Waals surface area contributed by atoms with Crippen molar-refractivity contribution in [1.29, 1.82) is 0 Å². The topological polar surface area (TPSA) is 83.8 Å². The number of para-hydroxylation sites is 4. The van der Waals surface area contributed by atoms with Crippen molar-refractivity contribution in [1.82, 2.24) is 29.1 Å². The first-order valence-corrected chi connectivity index (χ1v) is 27.7. The molecule has 13 aromatic rings. The summed E-state index contributed by atoms with van der Waals surface area (Å²) in [6, 6.07) is 66.4. The van der Waals surface area contributed by atoms with E-state index in [9.17, 15) is 0 Å². The molecule has 0 spiro atoms. The molecule has 8 aromatic carbocycles. The third kappa shape index (κ3) is 8.72. The van der Waals surface area contributed by atoms with Gasteiger partial charge in [-0.1, -0.05) is 152 Å². The number of rotatable bonds is 12. The normalized spacial score (nSPS) is 12.1. The van der Waals surface area contributed by atoms with E-state index in [0.717, 1.165) is 67.0 Å². The van der Waals surface area contributed by atoms with Crippen LogP contribution in [0.1, 0.15) is 107 Å². The van der Waals surface area contributed by atoms with Crippen molar-refractivity contribution >= 4 is 55.2 Å². The molecule has 0 radical (unpaired) electrons. The quantitative estimate of drug-likeness (QED) is 0.121. The van der Waals surface area contributed by atoms with Gasteiger partial charge in [-0.25, -0.2) is 19.9 Å². The van der Waals surface area contributed by atoms with E-state index in [1.165, 1.54) is 50.2 Å². The van der Waals surface area contributed by atoms with E-state index in [2.05, 4.69) is 234 Å². The average molecular weight is 1030 g/mol. The molecule has 0 aliphatic heterocycles. The Hall–Kier alpha value is -9.14. The molecule has 0 unspecified atom stereocenters. The standard InChI is InChI=1S/C71H62N6O2/c1-41(2)54-34-50(46-21-12-10-13-22-46)35-55(42(3)4)66(54)76-62-29-18-16-27-60(62)73-70(76)49-25-20-26-52(33-49)78-53-39-58-65-64(38-48-32-31-45(9)72-69(48)75-65)79-68(58)59(40-53)71-74-61-28-17-19-30-63(61)77(71)67-56(43(5)6)36-51(37-57(67)44(7)8)47-23-14-11-15-24-47/h10-44H,1-9H3. The molecule has 0 saturated heterocycles. The number of imidazole rings is 2. The van der Waals surface area contributed by atoms with Gasteiger partial charge in [-0.15, -0.1) is 0 Å². The summed E-state index contributed by atoms with van der Waals surface area (Å²) in [4.78, 5) is 21.1. The van der Waals surface area contributed by atoms with Crippen molar-refractivity contribution in [2.75, 3.05) is 0 Å². The first kappa shape index (κ1) is 49.4. The van der Waals surface area contributed by atoms with Gasteiger partial charge in [0.1, 0.15) is 34.2 Å². The molecule has 0 saturated carbocycles. The Morgan fingerprint density at radius 3 is 1.48 bits per heavy atom. The first-order valence-electron chi connectivity index (χ1n) is 27.7. The molecule has 388 valence electrons. The molecule has 5 aromatic heterocycles. The Morgan fingerprint density at radius 1 is 0.418 bits per heavy atom. The minimum Gasteiger partial charge on any atom is -0.457 e. The summed E-state index contributed by atoms with van der Waals surface area (Å²) in [6.07, 6.45) is 0. The van der Waals surface area contributed by atoms with Crippen molar-refractivity contribution in [3.8, 4) is 67.9 Å². The number of nitrogens with zero attached hydrogens (tertiary/aromatic N) is 6.